The second-order valence-corrected chi connectivity index (χ2v) is 8.17. The van der Waals surface area contributed by atoms with Gasteiger partial charge in [0.2, 0.25) is 5.91 Å². The van der Waals surface area contributed by atoms with Crippen LogP contribution in [-0.4, -0.2) is 45.1 Å². The number of carbonyl (C=O) groups excluding carboxylic acids is 2. The Morgan fingerprint density at radius 2 is 1.81 bits per heavy atom. The standard InChI is InChI=1S/C24H17F5N4O2.H2S/c25-23(26)10-16(11-30)33(13-23)22(35)6-4-20(34)17-7-8-31-19-3-1-14(9-18(17)19)15-2-5-21(32-12-15)24(27,28)29;/h1-3,5,7-9,12,16H,4,6,10,13H2;1H2/t16-;/m0./s1. The van der Waals surface area contributed by atoms with Crippen molar-refractivity contribution in [1.29, 1.82) is 5.26 Å². The Kier molecular flexibility index (Phi) is 7.64. The fraction of sp³-hybridized carbons (Fsp3) is 0.292. The van der Waals surface area contributed by atoms with E-state index in [9.17, 15) is 31.5 Å². The van der Waals surface area contributed by atoms with E-state index in [0.29, 0.717) is 22.0 Å². The lowest BCUT2D eigenvalue weighted by Gasteiger charge is -2.18. The number of aromatic nitrogens is 2. The van der Waals surface area contributed by atoms with E-state index in [2.05, 4.69) is 9.97 Å². The van der Waals surface area contributed by atoms with Crippen LogP contribution in [0.1, 0.15) is 35.3 Å². The van der Waals surface area contributed by atoms with Crippen LogP contribution in [-0.2, 0) is 11.0 Å². The highest BCUT2D eigenvalue weighted by Gasteiger charge is 2.47. The first-order chi connectivity index (χ1) is 16.5. The van der Waals surface area contributed by atoms with Gasteiger partial charge in [0.15, 0.2) is 5.78 Å². The Labute approximate surface area is 209 Å². The van der Waals surface area contributed by atoms with Gasteiger partial charge in [-0.1, -0.05) is 12.1 Å². The smallest absolute Gasteiger partial charge is 0.320 e. The monoisotopic (exact) mass is 522 g/mol. The van der Waals surface area contributed by atoms with Gasteiger partial charge >= 0.3 is 6.18 Å². The minimum atomic E-state index is -4.57. The van der Waals surface area contributed by atoms with Crippen molar-refractivity contribution in [3.63, 3.8) is 0 Å². The molecule has 0 saturated carbocycles. The van der Waals surface area contributed by atoms with Gasteiger partial charge in [-0.2, -0.15) is 31.9 Å². The molecule has 3 aromatic rings. The number of ketones is 1. The predicted molar refractivity (Wildman–Crippen MR) is 125 cm³/mol. The van der Waals surface area contributed by atoms with Crippen molar-refractivity contribution in [2.45, 2.75) is 37.4 Å². The van der Waals surface area contributed by atoms with Crippen molar-refractivity contribution in [2.75, 3.05) is 6.54 Å². The van der Waals surface area contributed by atoms with Gasteiger partial charge in [0.25, 0.3) is 5.92 Å². The van der Waals surface area contributed by atoms with Crippen LogP contribution in [0.5, 0.6) is 0 Å². The molecule has 3 heterocycles. The van der Waals surface area contributed by atoms with Crippen molar-refractivity contribution in [3.8, 4) is 17.2 Å². The number of Topliss-reactive ketones (excluding diaryl/α,β-unsaturated/α-hetero) is 1. The number of rotatable bonds is 5. The van der Waals surface area contributed by atoms with Crippen LogP contribution in [0.15, 0.2) is 48.8 Å². The molecule has 1 aromatic carbocycles. The molecule has 1 atom stereocenters. The number of nitriles is 1. The molecule has 0 N–H and O–H groups in total. The van der Waals surface area contributed by atoms with E-state index >= 15 is 0 Å². The number of carbonyl (C=O) groups is 2. The highest BCUT2D eigenvalue weighted by atomic mass is 32.1. The number of hydrogen-bond acceptors (Lipinski definition) is 5. The number of amides is 1. The van der Waals surface area contributed by atoms with Crippen molar-refractivity contribution in [2.24, 2.45) is 0 Å². The second kappa shape index (κ2) is 10.2. The summed E-state index contributed by atoms with van der Waals surface area (Å²) in [7, 11) is 0. The zero-order chi connectivity index (χ0) is 25.4. The molecule has 1 amide bonds. The number of fused-ring (bicyclic) bond motifs is 1. The number of benzene rings is 1. The number of halogens is 5. The van der Waals surface area contributed by atoms with E-state index in [1.54, 1.807) is 24.3 Å². The summed E-state index contributed by atoms with van der Waals surface area (Å²) < 4.78 is 65.6. The van der Waals surface area contributed by atoms with Crippen molar-refractivity contribution in [1.82, 2.24) is 14.9 Å². The molecule has 1 aliphatic rings. The van der Waals surface area contributed by atoms with Crippen molar-refractivity contribution < 1.29 is 31.5 Å². The molecule has 188 valence electrons. The Morgan fingerprint density at radius 1 is 1.08 bits per heavy atom. The molecular weight excluding hydrogens is 503 g/mol. The maximum Gasteiger partial charge on any atom is 0.433 e. The lowest BCUT2D eigenvalue weighted by atomic mass is 9.98. The lowest BCUT2D eigenvalue weighted by Crippen LogP contribution is -2.36. The molecule has 0 bridgehead atoms. The summed E-state index contributed by atoms with van der Waals surface area (Å²) in [6.07, 6.45) is -3.44. The minimum Gasteiger partial charge on any atom is -0.320 e. The van der Waals surface area contributed by atoms with Gasteiger partial charge in [-0.25, -0.2) is 8.78 Å². The third-order valence-corrected chi connectivity index (χ3v) is 5.73. The zero-order valence-corrected chi connectivity index (χ0v) is 19.5. The van der Waals surface area contributed by atoms with Crippen LogP contribution in [0, 0.1) is 11.3 Å². The summed E-state index contributed by atoms with van der Waals surface area (Å²) in [6, 6.07) is 8.86. The highest BCUT2D eigenvalue weighted by molar-refractivity contribution is 7.59. The predicted octanol–water partition coefficient (Wildman–Crippen LogP) is 5.15. The molecule has 0 unspecified atom stereocenters. The average Bonchev–Trinajstić information content (AvgIpc) is 3.15. The van der Waals surface area contributed by atoms with E-state index in [0.717, 1.165) is 17.2 Å². The van der Waals surface area contributed by atoms with Gasteiger partial charge in [-0.15, -0.1) is 0 Å². The molecule has 1 saturated heterocycles. The maximum absolute atomic E-state index is 13.6. The zero-order valence-electron chi connectivity index (χ0n) is 18.5. The molecule has 2 aromatic heterocycles. The van der Waals surface area contributed by atoms with E-state index in [-0.39, 0.29) is 31.9 Å². The van der Waals surface area contributed by atoms with Crippen LogP contribution in [0.25, 0.3) is 22.0 Å². The molecule has 0 spiro atoms. The van der Waals surface area contributed by atoms with Crippen LogP contribution < -0.4 is 0 Å². The summed E-state index contributed by atoms with van der Waals surface area (Å²) in [5, 5.41) is 9.48. The van der Waals surface area contributed by atoms with E-state index in [4.69, 9.17) is 5.26 Å². The summed E-state index contributed by atoms with van der Waals surface area (Å²) >= 11 is 0. The molecule has 1 aliphatic heterocycles. The van der Waals surface area contributed by atoms with Gasteiger partial charge in [-0.3, -0.25) is 19.6 Å². The third-order valence-electron chi connectivity index (χ3n) is 5.73. The molecule has 1 fully saturated rings. The summed E-state index contributed by atoms with van der Waals surface area (Å²) in [5.74, 6) is -4.30. The van der Waals surface area contributed by atoms with Gasteiger partial charge in [0.1, 0.15) is 11.7 Å². The molecule has 0 radical (unpaired) electrons. The largest absolute Gasteiger partial charge is 0.433 e. The van der Waals surface area contributed by atoms with Crippen LogP contribution >= 0.6 is 13.5 Å². The topological polar surface area (TPSA) is 87.0 Å². The van der Waals surface area contributed by atoms with E-state index in [1.165, 1.54) is 18.3 Å². The summed E-state index contributed by atoms with van der Waals surface area (Å²) in [5.41, 5.74) is 0.559. The summed E-state index contributed by atoms with van der Waals surface area (Å²) in [6.45, 7) is -0.860. The first-order valence-electron chi connectivity index (χ1n) is 10.5. The number of likely N-dealkylation sites (tertiary alicyclic amines) is 1. The van der Waals surface area contributed by atoms with E-state index < -0.39 is 48.5 Å². The fourth-order valence-corrected chi connectivity index (χ4v) is 3.99. The quantitative estimate of drug-likeness (QED) is 0.342. The minimum absolute atomic E-state index is 0. The van der Waals surface area contributed by atoms with Gasteiger partial charge in [0.05, 0.1) is 18.1 Å². The van der Waals surface area contributed by atoms with Crippen molar-refractivity contribution >= 4 is 36.1 Å². The van der Waals surface area contributed by atoms with E-state index in [1.807, 2.05) is 0 Å². The van der Waals surface area contributed by atoms with Gasteiger partial charge in [0, 0.05) is 48.2 Å². The fourth-order valence-electron chi connectivity index (χ4n) is 3.99. The second-order valence-electron chi connectivity index (χ2n) is 8.17. The molecule has 6 nitrogen and oxygen atoms in total. The van der Waals surface area contributed by atoms with Crippen LogP contribution in [0.4, 0.5) is 22.0 Å². The Morgan fingerprint density at radius 3 is 2.44 bits per heavy atom. The van der Waals surface area contributed by atoms with Gasteiger partial charge < -0.3 is 4.90 Å². The molecule has 12 heteroatoms. The van der Waals surface area contributed by atoms with Crippen LogP contribution in [0.3, 0.4) is 0 Å². The number of nitrogens with zero attached hydrogens (tertiary/aromatic N) is 4. The molecule has 4 rings (SSSR count). The number of alkyl halides is 5. The highest BCUT2D eigenvalue weighted by Crippen LogP contribution is 2.33. The summed E-state index contributed by atoms with van der Waals surface area (Å²) in [4.78, 5) is 33.8. The van der Waals surface area contributed by atoms with Gasteiger partial charge in [-0.05, 0) is 29.8 Å². The first kappa shape index (κ1) is 27.0. The first-order valence-corrected chi connectivity index (χ1v) is 10.5. The number of pyridine rings is 2. The molecule has 36 heavy (non-hydrogen) atoms. The Balaban J connectivity index is 0.00000361. The third kappa shape index (κ3) is 5.62. The maximum atomic E-state index is 13.6. The number of hydrogen-bond donors (Lipinski definition) is 0. The normalized spacial score (nSPS) is 16.9. The van der Waals surface area contributed by atoms with Crippen LogP contribution in [0.2, 0.25) is 0 Å². The molecular formula is C24H19F5N4O2S. The average molecular weight is 522 g/mol. The molecule has 0 aliphatic carbocycles. The SMILES string of the molecule is N#C[C@@H]1CC(F)(F)CN1C(=O)CCC(=O)c1ccnc2ccc(-c3ccc(C(F)(F)F)nc3)cc12.S. The Hall–Kier alpha value is -3.59. The van der Waals surface area contributed by atoms with Crippen molar-refractivity contribution in [3.05, 3.63) is 60.0 Å². The Bertz CT molecular complexity index is 1340. The lowest BCUT2D eigenvalue weighted by molar-refractivity contribution is -0.141.